The van der Waals surface area contributed by atoms with E-state index in [0.717, 1.165) is 11.0 Å². The van der Waals surface area contributed by atoms with E-state index in [4.69, 9.17) is 5.11 Å². The molecule has 0 aliphatic carbocycles. The standard InChI is InChI=1S/C5H10INO2/c6-2-4-7-3-1-5(8)9/h7H,1-4H2,(H,8,9). The summed E-state index contributed by atoms with van der Waals surface area (Å²) in [5.74, 6) is -0.740. The molecule has 3 nitrogen and oxygen atoms in total. The van der Waals surface area contributed by atoms with Gasteiger partial charge in [0.15, 0.2) is 0 Å². The van der Waals surface area contributed by atoms with Gasteiger partial charge in [0.25, 0.3) is 0 Å². The highest BCUT2D eigenvalue weighted by Crippen LogP contribution is 1.78. The summed E-state index contributed by atoms with van der Waals surface area (Å²) in [6.45, 7) is 1.48. The second-order valence-corrected chi connectivity index (χ2v) is 2.66. The molecule has 2 N–H and O–H groups in total. The third kappa shape index (κ3) is 8.16. The summed E-state index contributed by atoms with van der Waals surface area (Å²) in [6.07, 6.45) is 0.219. The van der Waals surface area contributed by atoms with Crippen molar-refractivity contribution in [3.63, 3.8) is 0 Å². The van der Waals surface area contributed by atoms with Crippen LogP contribution >= 0.6 is 22.6 Å². The van der Waals surface area contributed by atoms with E-state index >= 15 is 0 Å². The van der Waals surface area contributed by atoms with Crippen molar-refractivity contribution >= 4 is 28.6 Å². The summed E-state index contributed by atoms with van der Waals surface area (Å²) < 4.78 is 1.03. The number of hydrogen-bond acceptors (Lipinski definition) is 2. The molecule has 9 heavy (non-hydrogen) atoms. The van der Waals surface area contributed by atoms with Crippen LogP contribution in [-0.4, -0.2) is 28.6 Å². The lowest BCUT2D eigenvalue weighted by Gasteiger charge is -1.96. The maximum absolute atomic E-state index is 9.92. The van der Waals surface area contributed by atoms with E-state index in [9.17, 15) is 4.79 Å². The van der Waals surface area contributed by atoms with Crippen LogP contribution in [0.1, 0.15) is 6.42 Å². The molecule has 0 unspecified atom stereocenters. The van der Waals surface area contributed by atoms with Gasteiger partial charge < -0.3 is 10.4 Å². The maximum atomic E-state index is 9.92. The summed E-state index contributed by atoms with van der Waals surface area (Å²) in [7, 11) is 0. The first kappa shape index (κ1) is 9.16. The highest BCUT2D eigenvalue weighted by Gasteiger charge is 1.92. The van der Waals surface area contributed by atoms with Crippen LogP contribution < -0.4 is 5.32 Å². The minimum Gasteiger partial charge on any atom is -0.481 e. The summed E-state index contributed by atoms with van der Waals surface area (Å²) in [5, 5.41) is 11.1. The molecule has 0 amide bonds. The summed E-state index contributed by atoms with van der Waals surface area (Å²) in [4.78, 5) is 9.92. The zero-order chi connectivity index (χ0) is 7.11. The van der Waals surface area contributed by atoms with E-state index in [-0.39, 0.29) is 6.42 Å². The molecule has 0 rings (SSSR count). The Morgan fingerprint density at radius 1 is 1.56 bits per heavy atom. The number of hydrogen-bond donors (Lipinski definition) is 2. The molecule has 0 bridgehead atoms. The quantitative estimate of drug-likeness (QED) is 0.419. The molecule has 0 atom stereocenters. The second kappa shape index (κ2) is 6.28. The number of halogens is 1. The lowest BCUT2D eigenvalue weighted by atomic mass is 10.4. The van der Waals surface area contributed by atoms with Crippen molar-refractivity contribution in [3.8, 4) is 0 Å². The van der Waals surface area contributed by atoms with Gasteiger partial charge in [-0.05, 0) is 0 Å². The van der Waals surface area contributed by atoms with Crippen molar-refractivity contribution in [2.75, 3.05) is 17.5 Å². The van der Waals surface area contributed by atoms with E-state index in [1.807, 2.05) is 0 Å². The van der Waals surface area contributed by atoms with E-state index < -0.39 is 5.97 Å². The number of aliphatic carboxylic acids is 1. The van der Waals surface area contributed by atoms with Crippen LogP contribution in [0.2, 0.25) is 0 Å². The van der Waals surface area contributed by atoms with Gasteiger partial charge in [0, 0.05) is 17.5 Å². The first-order valence-corrected chi connectivity index (χ1v) is 4.28. The summed E-state index contributed by atoms with van der Waals surface area (Å²) in [5.41, 5.74) is 0. The van der Waals surface area contributed by atoms with Crippen molar-refractivity contribution in [2.24, 2.45) is 0 Å². The average molecular weight is 243 g/mol. The summed E-state index contributed by atoms with van der Waals surface area (Å²) in [6, 6.07) is 0. The smallest absolute Gasteiger partial charge is 0.304 e. The molecule has 0 saturated heterocycles. The molecule has 0 aromatic heterocycles. The Bertz CT molecular complexity index is 87.0. The zero-order valence-electron chi connectivity index (χ0n) is 5.06. The van der Waals surface area contributed by atoms with Crippen molar-refractivity contribution < 1.29 is 9.90 Å². The lowest BCUT2D eigenvalue weighted by molar-refractivity contribution is -0.136. The van der Waals surface area contributed by atoms with Crippen molar-refractivity contribution in [2.45, 2.75) is 6.42 Å². The largest absolute Gasteiger partial charge is 0.481 e. The monoisotopic (exact) mass is 243 g/mol. The Balaban J connectivity index is 2.83. The predicted molar refractivity (Wildman–Crippen MR) is 44.0 cm³/mol. The third-order valence-electron chi connectivity index (χ3n) is 0.787. The Labute approximate surface area is 68.0 Å². The Morgan fingerprint density at radius 3 is 2.67 bits per heavy atom. The molecule has 0 fully saturated rings. The maximum Gasteiger partial charge on any atom is 0.304 e. The highest BCUT2D eigenvalue weighted by molar-refractivity contribution is 14.1. The molecule has 0 radical (unpaired) electrons. The van der Waals surface area contributed by atoms with Crippen LogP contribution in [0.4, 0.5) is 0 Å². The van der Waals surface area contributed by atoms with Crippen molar-refractivity contribution in [1.82, 2.24) is 5.32 Å². The Morgan fingerprint density at radius 2 is 2.22 bits per heavy atom. The molecule has 0 heterocycles. The topological polar surface area (TPSA) is 49.3 Å². The van der Waals surface area contributed by atoms with Gasteiger partial charge in [-0.2, -0.15) is 0 Å². The van der Waals surface area contributed by atoms with Gasteiger partial charge >= 0.3 is 5.97 Å². The van der Waals surface area contributed by atoms with Crippen LogP contribution in [0.25, 0.3) is 0 Å². The van der Waals surface area contributed by atoms with E-state index in [1.54, 1.807) is 0 Å². The van der Waals surface area contributed by atoms with Crippen LogP contribution in [0.3, 0.4) is 0 Å². The molecule has 0 saturated carbocycles. The van der Waals surface area contributed by atoms with Gasteiger partial charge in [-0.3, -0.25) is 4.79 Å². The normalized spacial score (nSPS) is 9.44. The fraction of sp³-hybridized carbons (Fsp3) is 0.800. The third-order valence-corrected chi connectivity index (χ3v) is 1.33. The number of alkyl halides is 1. The highest BCUT2D eigenvalue weighted by atomic mass is 127. The lowest BCUT2D eigenvalue weighted by Crippen LogP contribution is -2.19. The first-order valence-electron chi connectivity index (χ1n) is 2.76. The molecule has 0 aromatic carbocycles. The number of rotatable bonds is 5. The molecule has 0 aliphatic heterocycles. The van der Waals surface area contributed by atoms with Gasteiger partial charge in [-0.15, -0.1) is 0 Å². The minimum atomic E-state index is -0.740. The van der Waals surface area contributed by atoms with Crippen LogP contribution in [0.5, 0.6) is 0 Å². The van der Waals surface area contributed by atoms with E-state index in [2.05, 4.69) is 27.9 Å². The van der Waals surface area contributed by atoms with Gasteiger partial charge in [0.05, 0.1) is 6.42 Å². The predicted octanol–water partition coefficient (Wildman–Crippen LogP) is 0.486. The number of carbonyl (C=O) groups is 1. The molecule has 0 spiro atoms. The molecule has 54 valence electrons. The van der Waals surface area contributed by atoms with Crippen molar-refractivity contribution in [1.29, 1.82) is 0 Å². The SMILES string of the molecule is O=C(O)CCNCCI. The van der Waals surface area contributed by atoms with Crippen LogP contribution in [-0.2, 0) is 4.79 Å². The molecular weight excluding hydrogens is 233 g/mol. The fourth-order valence-corrected chi connectivity index (χ4v) is 0.769. The zero-order valence-corrected chi connectivity index (χ0v) is 7.22. The van der Waals surface area contributed by atoms with Gasteiger partial charge in [0.2, 0.25) is 0 Å². The van der Waals surface area contributed by atoms with E-state index in [0.29, 0.717) is 6.54 Å². The number of carboxylic acid groups (broad SMARTS) is 1. The van der Waals surface area contributed by atoms with Gasteiger partial charge in [-0.25, -0.2) is 0 Å². The molecule has 0 aliphatic rings. The molecule has 4 heteroatoms. The van der Waals surface area contributed by atoms with E-state index in [1.165, 1.54) is 0 Å². The van der Waals surface area contributed by atoms with Crippen molar-refractivity contribution in [3.05, 3.63) is 0 Å². The van der Waals surface area contributed by atoms with Crippen LogP contribution in [0.15, 0.2) is 0 Å². The van der Waals surface area contributed by atoms with Gasteiger partial charge in [-0.1, -0.05) is 22.6 Å². The minimum absolute atomic E-state index is 0.219. The molecule has 0 aromatic rings. The number of carboxylic acids is 1. The summed E-state index contributed by atoms with van der Waals surface area (Å²) >= 11 is 2.23. The fourth-order valence-electron chi connectivity index (χ4n) is 0.387. The van der Waals surface area contributed by atoms with Crippen LogP contribution in [0, 0.1) is 0 Å². The second-order valence-electron chi connectivity index (χ2n) is 1.58. The number of nitrogens with one attached hydrogen (secondary N) is 1. The Hall–Kier alpha value is 0.160. The van der Waals surface area contributed by atoms with Gasteiger partial charge in [0.1, 0.15) is 0 Å². The molecular formula is C5H10INO2. The first-order chi connectivity index (χ1) is 4.27. The Kier molecular flexibility index (Phi) is 6.39. The average Bonchev–Trinajstić information content (AvgIpc) is 1.80.